The van der Waals surface area contributed by atoms with E-state index >= 15 is 0 Å². The monoisotopic (exact) mass is 310 g/mol. The number of nitrogens with zero attached hydrogens (tertiary/aromatic N) is 2. The van der Waals surface area contributed by atoms with E-state index in [0.717, 1.165) is 12.3 Å². The minimum Gasteiger partial charge on any atom is -0.335 e. The molecule has 0 saturated carbocycles. The maximum absolute atomic E-state index is 13.2. The Kier molecular flexibility index (Phi) is 4.85. The number of pyridine rings is 1. The summed E-state index contributed by atoms with van der Waals surface area (Å²) in [4.78, 5) is 17.4. The number of amides is 1. The smallest absolute Gasteiger partial charge is 0.257 e. The summed E-state index contributed by atoms with van der Waals surface area (Å²) in [5.74, 6) is -1.45. The fraction of sp³-hybridized carbons (Fsp3) is 0.200. The Hall–Kier alpha value is -2.01. The van der Waals surface area contributed by atoms with E-state index in [0.29, 0.717) is 12.1 Å². The molecule has 6 heteroatoms. The van der Waals surface area contributed by atoms with Gasteiger partial charge >= 0.3 is 0 Å². The van der Waals surface area contributed by atoms with Crippen molar-refractivity contribution in [2.45, 2.75) is 13.5 Å². The number of carbonyl (C=O) groups is 1. The molecule has 1 aromatic heterocycles. The van der Waals surface area contributed by atoms with Crippen molar-refractivity contribution in [3.63, 3.8) is 0 Å². The Labute approximate surface area is 126 Å². The Morgan fingerprint density at radius 2 is 2.05 bits per heavy atom. The first-order valence-corrected chi connectivity index (χ1v) is 6.73. The summed E-state index contributed by atoms with van der Waals surface area (Å²) in [6.45, 7) is 2.36. The largest absolute Gasteiger partial charge is 0.335 e. The average molecular weight is 311 g/mol. The molecule has 0 bridgehead atoms. The summed E-state index contributed by atoms with van der Waals surface area (Å²) >= 11 is 5.84. The molecular weight excluding hydrogens is 298 g/mol. The van der Waals surface area contributed by atoms with E-state index in [1.165, 1.54) is 17.0 Å². The fourth-order valence-electron chi connectivity index (χ4n) is 1.93. The molecule has 0 fully saturated rings. The Bertz CT molecular complexity index is 664. The molecule has 1 aromatic carbocycles. The Morgan fingerprint density at radius 1 is 1.29 bits per heavy atom. The molecule has 1 heterocycles. The molecule has 1 amide bonds. The highest BCUT2D eigenvalue weighted by molar-refractivity contribution is 6.32. The predicted molar refractivity (Wildman–Crippen MR) is 76.0 cm³/mol. The Balaban J connectivity index is 2.24. The van der Waals surface area contributed by atoms with Crippen molar-refractivity contribution in [2.75, 3.05) is 6.54 Å². The van der Waals surface area contributed by atoms with E-state index in [1.54, 1.807) is 19.1 Å². The van der Waals surface area contributed by atoms with Crippen LogP contribution in [0, 0.1) is 11.6 Å². The molecule has 21 heavy (non-hydrogen) atoms. The fourth-order valence-corrected chi connectivity index (χ4v) is 2.11. The van der Waals surface area contributed by atoms with Crippen molar-refractivity contribution in [2.24, 2.45) is 0 Å². The molecule has 0 aliphatic carbocycles. The van der Waals surface area contributed by atoms with Crippen molar-refractivity contribution < 1.29 is 13.6 Å². The molecule has 0 atom stereocenters. The normalized spacial score (nSPS) is 10.5. The summed E-state index contributed by atoms with van der Waals surface area (Å²) < 4.78 is 26.4. The second-order valence-electron chi connectivity index (χ2n) is 4.44. The lowest BCUT2D eigenvalue weighted by atomic mass is 10.2. The second kappa shape index (κ2) is 6.63. The summed E-state index contributed by atoms with van der Waals surface area (Å²) in [5.41, 5.74) is 0.639. The van der Waals surface area contributed by atoms with E-state index in [2.05, 4.69) is 4.98 Å². The van der Waals surface area contributed by atoms with Gasteiger partial charge in [0.25, 0.3) is 5.91 Å². The molecule has 0 radical (unpaired) electrons. The van der Waals surface area contributed by atoms with Gasteiger partial charge in [-0.2, -0.15) is 0 Å². The second-order valence-corrected chi connectivity index (χ2v) is 4.80. The molecule has 2 aromatic rings. The van der Waals surface area contributed by atoms with Gasteiger partial charge in [-0.3, -0.25) is 4.79 Å². The molecular formula is C15H13ClF2N2O. The van der Waals surface area contributed by atoms with Gasteiger partial charge in [-0.15, -0.1) is 0 Å². The maximum Gasteiger partial charge on any atom is 0.257 e. The first-order valence-electron chi connectivity index (χ1n) is 6.36. The van der Waals surface area contributed by atoms with Crippen LogP contribution in [0.15, 0.2) is 36.5 Å². The van der Waals surface area contributed by atoms with Crippen LogP contribution in [0.25, 0.3) is 0 Å². The van der Waals surface area contributed by atoms with Crippen molar-refractivity contribution in [1.82, 2.24) is 9.88 Å². The van der Waals surface area contributed by atoms with E-state index in [1.807, 2.05) is 0 Å². The van der Waals surface area contributed by atoms with E-state index in [9.17, 15) is 13.6 Å². The molecule has 0 N–H and O–H groups in total. The van der Waals surface area contributed by atoms with Gasteiger partial charge in [0.2, 0.25) is 0 Å². The van der Waals surface area contributed by atoms with Crippen molar-refractivity contribution in [3.8, 4) is 0 Å². The Morgan fingerprint density at radius 3 is 2.71 bits per heavy atom. The lowest BCUT2D eigenvalue weighted by molar-refractivity contribution is 0.0751. The highest BCUT2D eigenvalue weighted by Crippen LogP contribution is 2.18. The highest BCUT2D eigenvalue weighted by Gasteiger charge is 2.19. The van der Waals surface area contributed by atoms with Gasteiger partial charge in [-0.25, -0.2) is 13.8 Å². The molecule has 0 unspecified atom stereocenters. The van der Waals surface area contributed by atoms with Crippen molar-refractivity contribution >= 4 is 17.5 Å². The summed E-state index contributed by atoms with van der Waals surface area (Å²) in [5, 5.41) is -0.0564. The lowest BCUT2D eigenvalue weighted by Crippen LogP contribution is -2.30. The zero-order valence-corrected chi connectivity index (χ0v) is 12.1. The summed E-state index contributed by atoms with van der Waals surface area (Å²) in [7, 11) is 0. The number of halogens is 3. The van der Waals surface area contributed by atoms with Crippen LogP contribution in [-0.4, -0.2) is 22.3 Å². The SMILES string of the molecule is CCN(Cc1cccc(F)c1)C(=O)c1cc(F)cnc1Cl. The third-order valence-electron chi connectivity index (χ3n) is 2.97. The third-order valence-corrected chi connectivity index (χ3v) is 3.27. The van der Waals surface area contributed by atoms with Crippen molar-refractivity contribution in [3.05, 3.63) is 64.4 Å². The van der Waals surface area contributed by atoms with E-state index < -0.39 is 11.7 Å². The molecule has 110 valence electrons. The first-order chi connectivity index (χ1) is 10.0. The number of rotatable bonds is 4. The van der Waals surface area contributed by atoms with Gasteiger partial charge in [-0.05, 0) is 30.7 Å². The average Bonchev–Trinajstić information content (AvgIpc) is 2.46. The molecule has 2 rings (SSSR count). The molecule has 3 nitrogen and oxygen atoms in total. The van der Waals surface area contributed by atoms with Crippen LogP contribution in [0.5, 0.6) is 0 Å². The zero-order valence-electron chi connectivity index (χ0n) is 11.3. The molecule has 0 spiro atoms. The quantitative estimate of drug-likeness (QED) is 0.807. The first kappa shape index (κ1) is 15.4. The van der Waals surface area contributed by atoms with E-state index in [4.69, 9.17) is 11.6 Å². The van der Waals surface area contributed by atoms with Crippen LogP contribution in [0.2, 0.25) is 5.15 Å². The molecule has 0 aliphatic rings. The number of hydrogen-bond donors (Lipinski definition) is 0. The van der Waals surface area contributed by atoms with Gasteiger partial charge in [0.05, 0.1) is 11.8 Å². The third kappa shape index (κ3) is 3.76. The van der Waals surface area contributed by atoms with Gasteiger partial charge in [0.1, 0.15) is 16.8 Å². The number of carbonyl (C=O) groups excluding carboxylic acids is 1. The van der Waals surface area contributed by atoms with Crippen LogP contribution in [0.4, 0.5) is 8.78 Å². The van der Waals surface area contributed by atoms with Gasteiger partial charge < -0.3 is 4.90 Å². The number of aromatic nitrogens is 1. The topological polar surface area (TPSA) is 33.2 Å². The van der Waals surface area contributed by atoms with Crippen LogP contribution < -0.4 is 0 Å². The summed E-state index contributed by atoms with van der Waals surface area (Å²) in [6.07, 6.45) is 0.946. The predicted octanol–water partition coefficient (Wildman–Crippen LogP) is 3.68. The maximum atomic E-state index is 13.2. The highest BCUT2D eigenvalue weighted by atomic mass is 35.5. The van der Waals surface area contributed by atoms with Crippen molar-refractivity contribution in [1.29, 1.82) is 0 Å². The van der Waals surface area contributed by atoms with Crippen LogP contribution >= 0.6 is 11.6 Å². The number of benzene rings is 1. The van der Waals surface area contributed by atoms with Crippen LogP contribution in [-0.2, 0) is 6.54 Å². The lowest BCUT2D eigenvalue weighted by Gasteiger charge is -2.21. The van der Waals surface area contributed by atoms with Gasteiger partial charge in [0, 0.05) is 13.1 Å². The molecule has 0 aliphatic heterocycles. The van der Waals surface area contributed by atoms with Gasteiger partial charge in [-0.1, -0.05) is 23.7 Å². The standard InChI is InChI=1S/C15H13ClF2N2O/c1-2-20(9-10-4-3-5-11(17)6-10)15(21)13-7-12(18)8-19-14(13)16/h3-8H,2,9H2,1H3. The van der Waals surface area contributed by atoms with Crippen LogP contribution in [0.1, 0.15) is 22.8 Å². The minimum absolute atomic E-state index is 0.00470. The van der Waals surface area contributed by atoms with E-state index in [-0.39, 0.29) is 23.1 Å². The zero-order chi connectivity index (χ0) is 15.4. The van der Waals surface area contributed by atoms with Gasteiger partial charge in [0.15, 0.2) is 0 Å². The van der Waals surface area contributed by atoms with Crippen LogP contribution in [0.3, 0.4) is 0 Å². The minimum atomic E-state index is -0.635. The summed E-state index contributed by atoms with van der Waals surface area (Å²) in [6, 6.07) is 7.01. The number of hydrogen-bond acceptors (Lipinski definition) is 2. The molecule has 0 saturated heterocycles.